The minimum absolute atomic E-state index is 0.145. The van der Waals surface area contributed by atoms with Crippen LogP contribution in [0.5, 0.6) is 0 Å². The first kappa shape index (κ1) is 14.3. The Bertz CT molecular complexity index is 644. The van der Waals surface area contributed by atoms with Crippen molar-refractivity contribution in [2.45, 2.75) is 51.6 Å². The highest BCUT2D eigenvalue weighted by atomic mass is 16.3. The van der Waals surface area contributed by atoms with Crippen LogP contribution in [0.3, 0.4) is 0 Å². The van der Waals surface area contributed by atoms with Gasteiger partial charge in [0.1, 0.15) is 5.60 Å². The number of fused-ring (bicyclic) bond motifs is 1. The lowest BCUT2D eigenvalue weighted by Crippen LogP contribution is -2.29. The van der Waals surface area contributed by atoms with E-state index in [1.807, 2.05) is 18.2 Å². The summed E-state index contributed by atoms with van der Waals surface area (Å²) in [6.07, 6.45) is 2.82. The first-order valence-electron chi connectivity index (χ1n) is 8.02. The van der Waals surface area contributed by atoms with Crippen molar-refractivity contribution in [1.29, 1.82) is 0 Å². The van der Waals surface area contributed by atoms with Crippen LogP contribution in [0.2, 0.25) is 0 Å². The molecule has 1 aliphatic rings. The highest BCUT2D eigenvalue weighted by Gasteiger charge is 2.44. The number of hydrogen-bond acceptors (Lipinski definition) is 1. The van der Waals surface area contributed by atoms with Gasteiger partial charge in [-0.15, -0.1) is 0 Å². The Morgan fingerprint density at radius 3 is 2.43 bits per heavy atom. The van der Waals surface area contributed by atoms with Crippen LogP contribution in [0.1, 0.15) is 54.5 Å². The molecule has 0 unspecified atom stereocenters. The Morgan fingerprint density at radius 1 is 1.10 bits per heavy atom. The number of rotatable bonds is 3. The molecule has 0 aromatic heterocycles. The van der Waals surface area contributed by atoms with E-state index in [-0.39, 0.29) is 5.92 Å². The van der Waals surface area contributed by atoms with Crippen molar-refractivity contribution in [2.75, 3.05) is 0 Å². The van der Waals surface area contributed by atoms with Crippen molar-refractivity contribution >= 4 is 0 Å². The zero-order valence-electron chi connectivity index (χ0n) is 13.2. The fourth-order valence-corrected chi connectivity index (χ4v) is 3.71. The van der Waals surface area contributed by atoms with Gasteiger partial charge in [-0.2, -0.15) is 0 Å². The van der Waals surface area contributed by atoms with E-state index in [9.17, 15) is 5.11 Å². The topological polar surface area (TPSA) is 20.2 Å². The third kappa shape index (κ3) is 2.20. The Kier molecular flexibility index (Phi) is 3.62. The van der Waals surface area contributed by atoms with E-state index in [1.165, 1.54) is 22.3 Å². The fraction of sp³-hybridized carbons (Fsp3) is 0.400. The van der Waals surface area contributed by atoms with Crippen LogP contribution in [-0.4, -0.2) is 5.11 Å². The lowest BCUT2D eigenvalue weighted by Gasteiger charge is -2.28. The van der Waals surface area contributed by atoms with Crippen LogP contribution >= 0.6 is 0 Å². The molecule has 2 atom stereocenters. The third-order valence-electron chi connectivity index (χ3n) is 5.13. The molecule has 0 radical (unpaired) electrons. The van der Waals surface area contributed by atoms with Gasteiger partial charge < -0.3 is 5.11 Å². The van der Waals surface area contributed by atoms with Crippen LogP contribution in [-0.2, 0) is 24.9 Å². The molecule has 110 valence electrons. The smallest absolute Gasteiger partial charge is 0.100 e. The molecule has 0 spiro atoms. The van der Waals surface area contributed by atoms with Gasteiger partial charge >= 0.3 is 0 Å². The summed E-state index contributed by atoms with van der Waals surface area (Å²) in [5.41, 5.74) is 5.78. The molecule has 0 saturated heterocycles. The average Bonchev–Trinajstić information content (AvgIpc) is 2.80. The average molecular weight is 280 g/mol. The summed E-state index contributed by atoms with van der Waals surface area (Å²) in [4.78, 5) is 0. The van der Waals surface area contributed by atoms with Crippen LogP contribution in [0.25, 0.3) is 0 Å². The summed E-state index contributed by atoms with van der Waals surface area (Å²) in [7, 11) is 0. The number of aliphatic hydroxyl groups is 1. The summed E-state index contributed by atoms with van der Waals surface area (Å²) in [5.74, 6) is 0.145. The largest absolute Gasteiger partial charge is 0.384 e. The maximum atomic E-state index is 11.3. The molecule has 0 bridgehead atoms. The molecular weight excluding hydrogens is 256 g/mol. The normalized spacial score (nSPS) is 24.1. The van der Waals surface area contributed by atoms with Gasteiger partial charge in [-0.1, -0.05) is 63.2 Å². The maximum absolute atomic E-state index is 11.3. The van der Waals surface area contributed by atoms with E-state index in [0.717, 1.165) is 24.8 Å². The van der Waals surface area contributed by atoms with Crippen molar-refractivity contribution in [2.24, 2.45) is 0 Å². The van der Waals surface area contributed by atoms with Crippen LogP contribution < -0.4 is 0 Å². The van der Waals surface area contributed by atoms with Gasteiger partial charge in [0, 0.05) is 12.3 Å². The molecule has 1 aliphatic carbocycles. The Morgan fingerprint density at radius 2 is 1.81 bits per heavy atom. The number of hydrogen-bond donors (Lipinski definition) is 1. The van der Waals surface area contributed by atoms with Gasteiger partial charge in [0.15, 0.2) is 0 Å². The standard InChI is InChI=1S/C20H24O/c1-4-15-11-16(5-2)19-13-20(21,14(3)18(19)12-15)17-9-7-6-8-10-17/h6-12,14,21H,4-5,13H2,1-3H3/t14-,20-/m1/s1. The molecule has 0 saturated carbocycles. The molecule has 1 heteroatoms. The van der Waals surface area contributed by atoms with E-state index >= 15 is 0 Å². The van der Waals surface area contributed by atoms with E-state index in [0.29, 0.717) is 0 Å². The molecule has 2 aromatic carbocycles. The van der Waals surface area contributed by atoms with Gasteiger partial charge in [-0.25, -0.2) is 0 Å². The van der Waals surface area contributed by atoms with E-state index < -0.39 is 5.60 Å². The van der Waals surface area contributed by atoms with Gasteiger partial charge in [-0.05, 0) is 40.7 Å². The summed E-state index contributed by atoms with van der Waals surface area (Å²) >= 11 is 0. The van der Waals surface area contributed by atoms with E-state index in [2.05, 4.69) is 45.0 Å². The third-order valence-corrected chi connectivity index (χ3v) is 5.13. The molecule has 1 nitrogen and oxygen atoms in total. The molecule has 0 aliphatic heterocycles. The van der Waals surface area contributed by atoms with E-state index in [1.54, 1.807) is 0 Å². The molecular formula is C20H24O. The van der Waals surface area contributed by atoms with Crippen LogP contribution in [0.15, 0.2) is 42.5 Å². The molecule has 2 aromatic rings. The van der Waals surface area contributed by atoms with Crippen LogP contribution in [0, 0.1) is 0 Å². The lowest BCUT2D eigenvalue weighted by molar-refractivity contribution is 0.0249. The predicted molar refractivity (Wildman–Crippen MR) is 87.7 cm³/mol. The first-order valence-corrected chi connectivity index (χ1v) is 8.02. The van der Waals surface area contributed by atoms with Crippen molar-refractivity contribution in [3.05, 3.63) is 70.3 Å². The Hall–Kier alpha value is -1.60. The van der Waals surface area contributed by atoms with E-state index in [4.69, 9.17) is 0 Å². The summed E-state index contributed by atoms with van der Waals surface area (Å²) in [5, 5.41) is 11.3. The highest BCUT2D eigenvalue weighted by molar-refractivity contribution is 5.49. The molecule has 3 rings (SSSR count). The second kappa shape index (κ2) is 5.31. The Labute approximate surface area is 127 Å². The highest BCUT2D eigenvalue weighted by Crippen LogP contribution is 2.48. The van der Waals surface area contributed by atoms with Crippen molar-refractivity contribution in [3.63, 3.8) is 0 Å². The maximum Gasteiger partial charge on any atom is 0.100 e. The van der Waals surface area contributed by atoms with Gasteiger partial charge in [-0.3, -0.25) is 0 Å². The fourth-order valence-electron chi connectivity index (χ4n) is 3.71. The first-order chi connectivity index (χ1) is 10.1. The minimum Gasteiger partial charge on any atom is -0.384 e. The second-order valence-electron chi connectivity index (χ2n) is 6.22. The molecule has 0 heterocycles. The molecule has 0 amide bonds. The molecule has 21 heavy (non-hydrogen) atoms. The minimum atomic E-state index is -0.764. The van der Waals surface area contributed by atoms with Gasteiger partial charge in [0.05, 0.1) is 0 Å². The molecule has 0 fully saturated rings. The zero-order chi connectivity index (χ0) is 15.0. The SMILES string of the molecule is CCc1cc(CC)c2c(c1)[C@@H](C)[C@@](O)(c1ccccc1)C2. The Balaban J connectivity index is 2.12. The van der Waals surface area contributed by atoms with Crippen molar-refractivity contribution < 1.29 is 5.11 Å². The summed E-state index contributed by atoms with van der Waals surface area (Å²) < 4.78 is 0. The van der Waals surface area contributed by atoms with Crippen molar-refractivity contribution in [1.82, 2.24) is 0 Å². The zero-order valence-corrected chi connectivity index (χ0v) is 13.2. The predicted octanol–water partition coefficient (Wildman–Crippen LogP) is 4.36. The van der Waals surface area contributed by atoms with Crippen molar-refractivity contribution in [3.8, 4) is 0 Å². The quantitative estimate of drug-likeness (QED) is 0.885. The van der Waals surface area contributed by atoms with Gasteiger partial charge in [0.25, 0.3) is 0 Å². The molecule has 1 N–H and O–H groups in total. The summed E-state index contributed by atoms with van der Waals surface area (Å²) in [6.45, 7) is 6.57. The van der Waals surface area contributed by atoms with Crippen LogP contribution in [0.4, 0.5) is 0 Å². The summed E-state index contributed by atoms with van der Waals surface area (Å²) in [6, 6.07) is 14.8. The lowest BCUT2D eigenvalue weighted by atomic mass is 9.83. The monoisotopic (exact) mass is 280 g/mol. The number of aryl methyl sites for hydroxylation is 2. The van der Waals surface area contributed by atoms with Gasteiger partial charge in [0.2, 0.25) is 0 Å². The second-order valence-corrected chi connectivity index (χ2v) is 6.22. The number of benzene rings is 2.